The van der Waals surface area contributed by atoms with E-state index in [2.05, 4.69) is 15.5 Å². The molecule has 30 heavy (non-hydrogen) atoms. The maximum Gasteiger partial charge on any atom is 0.251 e. The topological polar surface area (TPSA) is 117 Å². The third-order valence-corrected chi connectivity index (χ3v) is 6.60. The fourth-order valence-electron chi connectivity index (χ4n) is 3.03. The second-order valence-corrected chi connectivity index (χ2v) is 8.46. The number of anilines is 1. The lowest BCUT2D eigenvalue weighted by atomic mass is 10.1. The number of aromatic nitrogens is 3. The molecule has 158 valence electrons. The Morgan fingerprint density at radius 1 is 1.17 bits per heavy atom. The fourth-order valence-corrected chi connectivity index (χ4v) is 4.51. The maximum atomic E-state index is 12.7. The van der Waals surface area contributed by atoms with Gasteiger partial charge in [0.2, 0.25) is 15.9 Å². The molecule has 2 N–H and O–H groups in total. The summed E-state index contributed by atoms with van der Waals surface area (Å²) in [5, 5.41) is 9.49. The molecular formula is C20H23N5O4S. The first kappa shape index (κ1) is 21.5. The van der Waals surface area contributed by atoms with E-state index in [1.54, 1.807) is 38.2 Å². The number of sulfonamides is 1. The summed E-state index contributed by atoms with van der Waals surface area (Å²) in [6.07, 6.45) is 2.84. The van der Waals surface area contributed by atoms with Crippen molar-refractivity contribution in [3.63, 3.8) is 0 Å². The molecule has 3 aromatic rings. The predicted octanol–water partition coefficient (Wildman–Crippen LogP) is 1.91. The highest BCUT2D eigenvalue weighted by molar-refractivity contribution is 7.89. The zero-order valence-electron chi connectivity index (χ0n) is 16.7. The zero-order chi connectivity index (χ0) is 21.7. The number of carbonyl (C=O) groups is 1. The van der Waals surface area contributed by atoms with Gasteiger partial charge < -0.3 is 9.88 Å². The number of nitrogens with one attached hydrogen (secondary N) is 2. The first-order valence-corrected chi connectivity index (χ1v) is 10.9. The minimum absolute atomic E-state index is 0.0279. The van der Waals surface area contributed by atoms with Crippen LogP contribution in [0.1, 0.15) is 13.8 Å². The molecule has 0 radical (unpaired) electrons. The Morgan fingerprint density at radius 3 is 2.60 bits per heavy atom. The molecule has 0 spiro atoms. The number of hydrogen-bond acceptors (Lipinski definition) is 5. The minimum Gasteiger partial charge on any atom is -0.325 e. The Balaban J connectivity index is 1.79. The van der Waals surface area contributed by atoms with Gasteiger partial charge in [-0.25, -0.2) is 8.42 Å². The van der Waals surface area contributed by atoms with Crippen LogP contribution in [0.4, 0.5) is 5.69 Å². The van der Waals surface area contributed by atoms with E-state index in [4.69, 9.17) is 0 Å². The van der Waals surface area contributed by atoms with Crippen molar-refractivity contribution in [1.82, 2.24) is 19.1 Å². The second-order valence-electron chi connectivity index (χ2n) is 6.52. The SMILES string of the molecule is CCN(CC)S(=O)(=O)c1ccc(=O)n(CC(=O)Nc2cccc(-c3ccn[nH]3)c2)c1. The summed E-state index contributed by atoms with van der Waals surface area (Å²) in [4.78, 5) is 24.6. The maximum absolute atomic E-state index is 12.7. The third kappa shape index (κ3) is 4.66. The van der Waals surface area contributed by atoms with Crippen LogP contribution in [0, 0.1) is 0 Å². The van der Waals surface area contributed by atoms with Crippen LogP contribution in [0.25, 0.3) is 11.3 Å². The number of aromatic amines is 1. The number of carbonyl (C=O) groups excluding carboxylic acids is 1. The number of H-pyrrole nitrogens is 1. The van der Waals surface area contributed by atoms with Gasteiger partial charge in [0, 0.05) is 42.8 Å². The fraction of sp³-hybridized carbons (Fsp3) is 0.250. The molecule has 10 heteroatoms. The second kappa shape index (κ2) is 9.06. The lowest BCUT2D eigenvalue weighted by Gasteiger charge is -2.19. The van der Waals surface area contributed by atoms with E-state index in [1.165, 1.54) is 16.6 Å². The minimum atomic E-state index is -3.73. The lowest BCUT2D eigenvalue weighted by molar-refractivity contribution is -0.116. The average molecular weight is 430 g/mol. The highest BCUT2D eigenvalue weighted by Gasteiger charge is 2.22. The Hall–Kier alpha value is -3.24. The van der Waals surface area contributed by atoms with E-state index < -0.39 is 21.5 Å². The first-order chi connectivity index (χ1) is 14.3. The number of benzene rings is 1. The summed E-state index contributed by atoms with van der Waals surface area (Å²) in [6, 6.07) is 11.4. The Kier molecular flexibility index (Phi) is 6.48. The third-order valence-electron chi connectivity index (χ3n) is 4.57. The molecule has 1 amide bonds. The highest BCUT2D eigenvalue weighted by Crippen LogP contribution is 2.20. The largest absolute Gasteiger partial charge is 0.325 e. The molecular weight excluding hydrogens is 406 g/mol. The van der Waals surface area contributed by atoms with Crippen molar-refractivity contribution in [2.24, 2.45) is 0 Å². The van der Waals surface area contributed by atoms with Crippen molar-refractivity contribution in [1.29, 1.82) is 0 Å². The number of pyridine rings is 1. The van der Waals surface area contributed by atoms with Crippen LogP contribution in [0.3, 0.4) is 0 Å². The summed E-state index contributed by atoms with van der Waals surface area (Å²) in [5.41, 5.74) is 1.73. The zero-order valence-corrected chi connectivity index (χ0v) is 17.5. The van der Waals surface area contributed by atoms with E-state index in [9.17, 15) is 18.0 Å². The molecule has 0 aliphatic rings. The van der Waals surface area contributed by atoms with Gasteiger partial charge in [-0.05, 0) is 24.3 Å². The first-order valence-electron chi connectivity index (χ1n) is 9.45. The smallest absolute Gasteiger partial charge is 0.251 e. The van der Waals surface area contributed by atoms with Gasteiger partial charge in [-0.2, -0.15) is 9.40 Å². The molecule has 1 aromatic carbocycles. The molecule has 0 fully saturated rings. The molecule has 0 saturated heterocycles. The van der Waals surface area contributed by atoms with E-state index in [0.717, 1.165) is 21.9 Å². The Bertz CT molecular complexity index is 1180. The van der Waals surface area contributed by atoms with Gasteiger partial charge in [-0.15, -0.1) is 0 Å². The van der Waals surface area contributed by atoms with Gasteiger partial charge in [0.15, 0.2) is 0 Å². The number of amides is 1. The van der Waals surface area contributed by atoms with Gasteiger partial charge in [0.1, 0.15) is 6.54 Å². The molecule has 2 aromatic heterocycles. The Labute approximate surface area is 174 Å². The lowest BCUT2D eigenvalue weighted by Crippen LogP contribution is -2.33. The normalized spacial score (nSPS) is 11.6. The van der Waals surface area contributed by atoms with Crippen LogP contribution in [0.5, 0.6) is 0 Å². The number of hydrogen-bond donors (Lipinski definition) is 2. The molecule has 2 heterocycles. The Morgan fingerprint density at radius 2 is 1.93 bits per heavy atom. The molecule has 0 aliphatic carbocycles. The molecule has 0 bridgehead atoms. The van der Waals surface area contributed by atoms with E-state index in [-0.39, 0.29) is 11.4 Å². The van der Waals surface area contributed by atoms with Gasteiger partial charge in [-0.1, -0.05) is 26.0 Å². The molecule has 0 atom stereocenters. The van der Waals surface area contributed by atoms with Crippen LogP contribution in [-0.4, -0.2) is 46.5 Å². The summed E-state index contributed by atoms with van der Waals surface area (Å²) >= 11 is 0. The van der Waals surface area contributed by atoms with Crippen LogP contribution in [0.2, 0.25) is 0 Å². The van der Waals surface area contributed by atoms with Crippen molar-refractivity contribution in [3.05, 3.63) is 65.2 Å². The van der Waals surface area contributed by atoms with Crippen LogP contribution < -0.4 is 10.9 Å². The number of nitrogens with zero attached hydrogens (tertiary/aromatic N) is 3. The summed E-state index contributed by atoms with van der Waals surface area (Å²) in [6.45, 7) is 3.79. The standard InChI is InChI=1S/C20H23N5O4S/c1-3-25(4-2)30(28,29)17-8-9-20(27)24(13-17)14-19(26)22-16-7-5-6-15(12-16)18-10-11-21-23-18/h5-13H,3-4,14H2,1-2H3,(H,21,23)(H,22,26). The highest BCUT2D eigenvalue weighted by atomic mass is 32.2. The van der Waals surface area contributed by atoms with E-state index >= 15 is 0 Å². The van der Waals surface area contributed by atoms with Gasteiger partial charge in [0.05, 0.1) is 10.6 Å². The van der Waals surface area contributed by atoms with Crippen molar-refractivity contribution < 1.29 is 13.2 Å². The molecule has 0 saturated carbocycles. The van der Waals surface area contributed by atoms with Crippen molar-refractivity contribution in [2.75, 3.05) is 18.4 Å². The monoisotopic (exact) mass is 429 g/mol. The van der Waals surface area contributed by atoms with Crippen LogP contribution in [0.15, 0.2) is 64.5 Å². The molecule has 3 rings (SSSR count). The van der Waals surface area contributed by atoms with Gasteiger partial charge >= 0.3 is 0 Å². The summed E-state index contributed by atoms with van der Waals surface area (Å²) < 4.78 is 27.8. The predicted molar refractivity (Wildman–Crippen MR) is 113 cm³/mol. The van der Waals surface area contributed by atoms with Crippen molar-refractivity contribution in [2.45, 2.75) is 25.3 Å². The number of rotatable bonds is 8. The average Bonchev–Trinajstić information content (AvgIpc) is 3.25. The van der Waals surface area contributed by atoms with Gasteiger partial charge in [-0.3, -0.25) is 14.7 Å². The van der Waals surface area contributed by atoms with E-state index in [1.807, 2.05) is 12.1 Å². The van der Waals surface area contributed by atoms with Crippen molar-refractivity contribution >= 4 is 21.6 Å². The molecule has 9 nitrogen and oxygen atoms in total. The molecule has 0 aliphatic heterocycles. The summed E-state index contributed by atoms with van der Waals surface area (Å²) in [7, 11) is -3.73. The van der Waals surface area contributed by atoms with Gasteiger partial charge in [0.25, 0.3) is 5.56 Å². The summed E-state index contributed by atoms with van der Waals surface area (Å²) in [5.74, 6) is -0.448. The van der Waals surface area contributed by atoms with E-state index in [0.29, 0.717) is 18.8 Å². The quantitative estimate of drug-likeness (QED) is 0.567. The van der Waals surface area contributed by atoms with Crippen LogP contribution >= 0.6 is 0 Å². The molecule has 0 unspecified atom stereocenters. The van der Waals surface area contributed by atoms with Crippen molar-refractivity contribution in [3.8, 4) is 11.3 Å². The van der Waals surface area contributed by atoms with Crippen LogP contribution in [-0.2, 0) is 21.4 Å².